The van der Waals surface area contributed by atoms with Crippen molar-refractivity contribution in [2.75, 3.05) is 27.2 Å². The van der Waals surface area contributed by atoms with E-state index < -0.39 is 0 Å². The van der Waals surface area contributed by atoms with Gasteiger partial charge in [0, 0.05) is 33.8 Å². The molecule has 4 heteroatoms. The molecular weight excluding hydrogens is 274 g/mol. The van der Waals surface area contributed by atoms with Gasteiger partial charge in [-0.3, -0.25) is 4.99 Å². The lowest BCUT2D eigenvalue weighted by molar-refractivity contribution is 0.0201. The van der Waals surface area contributed by atoms with Crippen molar-refractivity contribution in [2.45, 2.75) is 39.8 Å². The van der Waals surface area contributed by atoms with Gasteiger partial charge < -0.3 is 15.0 Å². The molecule has 1 aliphatic heterocycles. The maximum Gasteiger partial charge on any atom is 0.194 e. The normalized spacial score (nSPS) is 17.1. The third-order valence-corrected chi connectivity index (χ3v) is 4.34. The van der Waals surface area contributed by atoms with E-state index in [4.69, 9.17) is 4.74 Å². The van der Waals surface area contributed by atoms with Crippen LogP contribution in [0.1, 0.15) is 31.9 Å². The van der Waals surface area contributed by atoms with Crippen LogP contribution >= 0.6 is 0 Å². The summed E-state index contributed by atoms with van der Waals surface area (Å²) in [6.45, 7) is 9.28. The fourth-order valence-corrected chi connectivity index (χ4v) is 2.94. The van der Waals surface area contributed by atoms with Crippen molar-refractivity contribution in [3.63, 3.8) is 0 Å². The Bertz CT molecular complexity index is 519. The first-order chi connectivity index (χ1) is 10.5. The van der Waals surface area contributed by atoms with Gasteiger partial charge in [0.25, 0.3) is 0 Å². The molecule has 0 radical (unpaired) electrons. The molecule has 0 amide bonds. The lowest BCUT2D eigenvalue weighted by Crippen LogP contribution is -2.48. The molecule has 0 fully saturated rings. The zero-order chi connectivity index (χ0) is 16.2. The van der Waals surface area contributed by atoms with E-state index in [0.717, 1.165) is 32.0 Å². The number of fused-ring (bicyclic) bond motifs is 1. The molecular formula is C18H29N3O. The minimum absolute atomic E-state index is 0.106. The summed E-state index contributed by atoms with van der Waals surface area (Å²) in [5, 5.41) is 3.48. The summed E-state index contributed by atoms with van der Waals surface area (Å²) in [4.78, 5) is 6.77. The molecule has 0 saturated carbocycles. The van der Waals surface area contributed by atoms with E-state index in [9.17, 15) is 0 Å². The predicted octanol–water partition coefficient (Wildman–Crippen LogP) is 2.68. The fourth-order valence-electron chi connectivity index (χ4n) is 2.94. The van der Waals surface area contributed by atoms with Gasteiger partial charge in [0.15, 0.2) is 5.96 Å². The minimum atomic E-state index is 0.106. The number of nitrogens with zero attached hydrogens (tertiary/aromatic N) is 2. The van der Waals surface area contributed by atoms with Crippen LogP contribution in [-0.4, -0.2) is 44.2 Å². The second kappa shape index (κ2) is 7.14. The summed E-state index contributed by atoms with van der Waals surface area (Å²) in [5.41, 5.74) is 2.96. The largest absolute Gasteiger partial charge is 0.379 e. The SMILES string of the molecule is CN=C(NCC(OC)C(C)(C)C)N1CCc2ccccc2C1. The molecule has 0 aliphatic carbocycles. The molecule has 0 aromatic heterocycles. The summed E-state index contributed by atoms with van der Waals surface area (Å²) in [5.74, 6) is 0.959. The Balaban J connectivity index is 1.99. The molecule has 0 bridgehead atoms. The number of rotatable bonds is 3. The number of hydrogen-bond donors (Lipinski definition) is 1. The minimum Gasteiger partial charge on any atom is -0.379 e. The van der Waals surface area contributed by atoms with Crippen LogP contribution in [0.5, 0.6) is 0 Å². The Morgan fingerprint density at radius 1 is 1.32 bits per heavy atom. The second-order valence-electron chi connectivity index (χ2n) is 6.96. The highest BCUT2D eigenvalue weighted by Gasteiger charge is 2.25. The standard InChI is InChI=1S/C18H29N3O/c1-18(2,3)16(22-5)12-20-17(19-4)21-11-10-14-8-6-7-9-15(14)13-21/h6-9,16H,10-13H2,1-5H3,(H,19,20). The van der Waals surface area contributed by atoms with Crippen molar-refractivity contribution >= 4 is 5.96 Å². The summed E-state index contributed by atoms with van der Waals surface area (Å²) >= 11 is 0. The topological polar surface area (TPSA) is 36.9 Å². The van der Waals surface area contributed by atoms with Crippen molar-refractivity contribution in [3.8, 4) is 0 Å². The molecule has 0 spiro atoms. The van der Waals surface area contributed by atoms with Crippen molar-refractivity contribution in [1.29, 1.82) is 0 Å². The van der Waals surface area contributed by atoms with Gasteiger partial charge in [-0.05, 0) is 23.0 Å². The smallest absolute Gasteiger partial charge is 0.194 e. The van der Waals surface area contributed by atoms with Crippen LogP contribution in [-0.2, 0) is 17.7 Å². The van der Waals surface area contributed by atoms with Crippen molar-refractivity contribution < 1.29 is 4.74 Å². The first-order valence-corrected chi connectivity index (χ1v) is 8.01. The van der Waals surface area contributed by atoms with Gasteiger partial charge in [0.05, 0.1) is 6.10 Å². The molecule has 2 rings (SSSR count). The summed E-state index contributed by atoms with van der Waals surface area (Å²) < 4.78 is 5.62. The van der Waals surface area contributed by atoms with Gasteiger partial charge in [-0.25, -0.2) is 0 Å². The number of hydrogen-bond acceptors (Lipinski definition) is 2. The molecule has 1 aliphatic rings. The third-order valence-electron chi connectivity index (χ3n) is 4.34. The van der Waals surface area contributed by atoms with E-state index in [-0.39, 0.29) is 11.5 Å². The van der Waals surface area contributed by atoms with E-state index in [0.29, 0.717) is 0 Å². The van der Waals surface area contributed by atoms with Crippen LogP contribution in [0.15, 0.2) is 29.3 Å². The zero-order valence-corrected chi connectivity index (χ0v) is 14.5. The molecule has 1 N–H and O–H groups in total. The highest BCUT2D eigenvalue weighted by atomic mass is 16.5. The van der Waals surface area contributed by atoms with Crippen LogP contribution < -0.4 is 5.32 Å². The van der Waals surface area contributed by atoms with Crippen molar-refractivity contribution in [1.82, 2.24) is 10.2 Å². The summed E-state index contributed by atoms with van der Waals surface area (Å²) in [6.07, 6.45) is 1.23. The highest BCUT2D eigenvalue weighted by Crippen LogP contribution is 2.22. The predicted molar refractivity (Wildman–Crippen MR) is 92.2 cm³/mol. The van der Waals surface area contributed by atoms with Gasteiger partial charge in [0.1, 0.15) is 0 Å². The van der Waals surface area contributed by atoms with E-state index in [1.165, 1.54) is 11.1 Å². The fraction of sp³-hybridized carbons (Fsp3) is 0.611. The quantitative estimate of drug-likeness (QED) is 0.689. The Kier molecular flexibility index (Phi) is 5.46. The molecule has 1 aromatic carbocycles. The van der Waals surface area contributed by atoms with Gasteiger partial charge in [-0.2, -0.15) is 0 Å². The number of nitrogens with one attached hydrogen (secondary N) is 1. The molecule has 1 heterocycles. The molecule has 22 heavy (non-hydrogen) atoms. The first-order valence-electron chi connectivity index (χ1n) is 8.01. The van der Waals surface area contributed by atoms with Crippen LogP contribution in [0.4, 0.5) is 0 Å². The summed E-state index contributed by atoms with van der Waals surface area (Å²) in [6, 6.07) is 8.67. The van der Waals surface area contributed by atoms with Crippen LogP contribution in [0, 0.1) is 5.41 Å². The van der Waals surface area contributed by atoms with Crippen LogP contribution in [0.3, 0.4) is 0 Å². The first kappa shape index (κ1) is 16.8. The Morgan fingerprint density at radius 2 is 2.00 bits per heavy atom. The van der Waals surface area contributed by atoms with Gasteiger partial charge >= 0.3 is 0 Å². The molecule has 122 valence electrons. The van der Waals surface area contributed by atoms with Crippen LogP contribution in [0.25, 0.3) is 0 Å². The number of guanidine groups is 1. The average molecular weight is 303 g/mol. The number of ether oxygens (including phenoxy) is 1. The highest BCUT2D eigenvalue weighted by molar-refractivity contribution is 5.80. The van der Waals surface area contributed by atoms with E-state index >= 15 is 0 Å². The third kappa shape index (κ3) is 4.01. The number of benzene rings is 1. The van der Waals surface area contributed by atoms with E-state index in [1.54, 1.807) is 7.11 Å². The monoisotopic (exact) mass is 303 g/mol. The average Bonchev–Trinajstić information content (AvgIpc) is 2.50. The van der Waals surface area contributed by atoms with Crippen LogP contribution in [0.2, 0.25) is 0 Å². The molecule has 1 aromatic rings. The molecule has 0 saturated heterocycles. The molecule has 4 nitrogen and oxygen atoms in total. The lowest BCUT2D eigenvalue weighted by Gasteiger charge is -2.34. The van der Waals surface area contributed by atoms with Crippen molar-refractivity contribution in [2.24, 2.45) is 10.4 Å². The van der Waals surface area contributed by atoms with Gasteiger partial charge in [-0.15, -0.1) is 0 Å². The Labute approximate surface area is 134 Å². The van der Waals surface area contributed by atoms with Gasteiger partial charge in [0.2, 0.25) is 0 Å². The zero-order valence-electron chi connectivity index (χ0n) is 14.5. The van der Waals surface area contributed by atoms with E-state index in [2.05, 4.69) is 60.2 Å². The number of methoxy groups -OCH3 is 1. The molecule has 1 atom stereocenters. The molecule has 1 unspecified atom stereocenters. The Hall–Kier alpha value is -1.55. The number of aliphatic imine (C=N–C) groups is 1. The maximum atomic E-state index is 5.62. The van der Waals surface area contributed by atoms with Gasteiger partial charge in [-0.1, -0.05) is 45.0 Å². The van der Waals surface area contributed by atoms with Crippen molar-refractivity contribution in [3.05, 3.63) is 35.4 Å². The maximum absolute atomic E-state index is 5.62. The van der Waals surface area contributed by atoms with E-state index in [1.807, 2.05) is 7.05 Å². The second-order valence-corrected chi connectivity index (χ2v) is 6.96. The summed E-state index contributed by atoms with van der Waals surface area (Å²) in [7, 11) is 3.62. The Morgan fingerprint density at radius 3 is 2.59 bits per heavy atom. The lowest BCUT2D eigenvalue weighted by atomic mass is 9.89.